The molecule has 0 spiro atoms. The van der Waals surface area contributed by atoms with Gasteiger partial charge in [0.25, 0.3) is 0 Å². The summed E-state index contributed by atoms with van der Waals surface area (Å²) in [5.41, 5.74) is 0.759. The number of alkyl halides is 6. The molecule has 1 aromatic heterocycles. The van der Waals surface area contributed by atoms with Crippen molar-refractivity contribution in [2.45, 2.75) is 45.1 Å². The number of aryl methyl sites for hydroxylation is 1. The summed E-state index contributed by atoms with van der Waals surface area (Å²) in [6.07, 6.45) is -4.75. The predicted molar refractivity (Wildman–Crippen MR) is 118 cm³/mol. The number of hydrogen-bond acceptors (Lipinski definition) is 6. The van der Waals surface area contributed by atoms with Crippen molar-refractivity contribution in [1.82, 2.24) is 9.97 Å². The lowest BCUT2D eigenvalue weighted by atomic mass is 10.0. The van der Waals surface area contributed by atoms with Crippen molar-refractivity contribution in [1.29, 1.82) is 0 Å². The molecule has 1 aliphatic heterocycles. The maximum absolute atomic E-state index is 12.9. The summed E-state index contributed by atoms with van der Waals surface area (Å²) in [4.78, 5) is 13.2. The van der Waals surface area contributed by atoms with Crippen molar-refractivity contribution in [2.24, 2.45) is 5.16 Å². The molecule has 0 unspecified atom stereocenters. The Morgan fingerprint density at radius 2 is 1.64 bits per heavy atom. The summed E-state index contributed by atoms with van der Waals surface area (Å²) >= 11 is 0. The number of ether oxygens (including phenoxy) is 2. The van der Waals surface area contributed by atoms with Crippen LogP contribution in [0.25, 0.3) is 0 Å². The van der Waals surface area contributed by atoms with E-state index in [2.05, 4.69) is 15.1 Å². The van der Waals surface area contributed by atoms with Crippen LogP contribution >= 0.6 is 0 Å². The second kappa shape index (κ2) is 11.3. The normalized spacial score (nSPS) is 15.3. The smallest absolute Gasteiger partial charge is 0.416 e. The Hall–Kier alpha value is -3.83. The topological polar surface area (TPSA) is 65.8 Å². The molecule has 0 N–H and O–H groups in total. The van der Waals surface area contributed by atoms with Gasteiger partial charge < -0.3 is 14.3 Å². The Kier molecular flexibility index (Phi) is 8.38. The predicted octanol–water partition coefficient (Wildman–Crippen LogP) is 7.41. The van der Waals surface area contributed by atoms with E-state index < -0.39 is 30.4 Å². The fraction of sp³-hybridized carbons (Fsp3) is 0.292. The average molecular weight is 513 g/mol. The van der Waals surface area contributed by atoms with Crippen molar-refractivity contribution >= 4 is 5.90 Å². The van der Waals surface area contributed by atoms with E-state index in [-0.39, 0.29) is 5.75 Å². The van der Waals surface area contributed by atoms with Gasteiger partial charge >= 0.3 is 12.4 Å². The number of nitrogens with zero attached hydrogens (tertiary/aromatic N) is 3. The molecule has 0 bridgehead atoms. The van der Waals surface area contributed by atoms with Gasteiger partial charge in [0.2, 0.25) is 5.90 Å². The summed E-state index contributed by atoms with van der Waals surface area (Å²) in [5, 5.41) is 3.94. The standard InChI is InChI=1S/C21H16F3N3O3.C3H5F3/c1-13-5-6-14(19-9-20(27-30-19)29-17-10-25-12-26-11-17)7-18(13)28-16-4-2-3-15(8-16)21(22,23)24;1-2-3(4,5)6/h2-8,10-12,19H,9H2,1H3;2H2,1H3/t19-;/m0./s1. The van der Waals surface area contributed by atoms with Crippen LogP contribution in [0.4, 0.5) is 26.3 Å². The SMILES string of the molecule is CCC(F)(F)F.Cc1ccc([C@@H]2CC(Oc3cncnc3)=NO2)cc1Oc1cccc(C(F)(F)F)c1. The first-order valence-electron chi connectivity index (χ1n) is 10.6. The zero-order chi connectivity index (χ0) is 26.3. The van der Waals surface area contributed by atoms with E-state index in [1.54, 1.807) is 6.07 Å². The van der Waals surface area contributed by atoms with E-state index in [1.165, 1.54) is 30.9 Å². The molecule has 192 valence electrons. The Bertz CT molecular complexity index is 1180. The molecule has 6 nitrogen and oxygen atoms in total. The van der Waals surface area contributed by atoms with Gasteiger partial charge in [-0.3, -0.25) is 0 Å². The van der Waals surface area contributed by atoms with Crippen LogP contribution in [0.2, 0.25) is 0 Å². The van der Waals surface area contributed by atoms with E-state index in [0.717, 1.165) is 30.2 Å². The summed E-state index contributed by atoms with van der Waals surface area (Å²) in [6.45, 7) is 2.89. The summed E-state index contributed by atoms with van der Waals surface area (Å²) in [7, 11) is 0. The fourth-order valence-corrected chi connectivity index (χ4v) is 2.86. The van der Waals surface area contributed by atoms with Gasteiger partial charge in [-0.25, -0.2) is 9.97 Å². The third-order valence-electron chi connectivity index (χ3n) is 4.79. The van der Waals surface area contributed by atoms with E-state index in [0.29, 0.717) is 23.8 Å². The molecule has 2 aromatic carbocycles. The Morgan fingerprint density at radius 3 is 2.28 bits per heavy atom. The van der Waals surface area contributed by atoms with Gasteiger partial charge in [-0.1, -0.05) is 30.3 Å². The zero-order valence-electron chi connectivity index (χ0n) is 19.1. The molecule has 1 aliphatic rings. The van der Waals surface area contributed by atoms with Crippen LogP contribution in [0.5, 0.6) is 17.2 Å². The van der Waals surface area contributed by atoms with E-state index in [9.17, 15) is 26.3 Å². The minimum atomic E-state index is -4.44. The number of rotatable bonds is 4. The van der Waals surface area contributed by atoms with Crippen molar-refractivity contribution in [3.63, 3.8) is 0 Å². The lowest BCUT2D eigenvalue weighted by Gasteiger charge is -2.14. The molecule has 0 amide bonds. The van der Waals surface area contributed by atoms with Crippen molar-refractivity contribution in [2.75, 3.05) is 0 Å². The first kappa shape index (κ1) is 26.8. The van der Waals surface area contributed by atoms with Crippen molar-refractivity contribution < 1.29 is 40.7 Å². The van der Waals surface area contributed by atoms with Crippen molar-refractivity contribution in [3.05, 3.63) is 77.9 Å². The van der Waals surface area contributed by atoms with Gasteiger partial charge in [-0.15, -0.1) is 0 Å². The number of hydrogen-bond donors (Lipinski definition) is 0. The Balaban J connectivity index is 0.000000538. The number of benzene rings is 2. The highest BCUT2D eigenvalue weighted by Gasteiger charge is 2.31. The molecule has 2 heterocycles. The quantitative estimate of drug-likeness (QED) is 0.340. The fourth-order valence-electron chi connectivity index (χ4n) is 2.86. The van der Waals surface area contributed by atoms with E-state index in [4.69, 9.17) is 14.3 Å². The largest absolute Gasteiger partial charge is 0.457 e. The van der Waals surface area contributed by atoms with Crippen LogP contribution in [0, 0.1) is 6.92 Å². The van der Waals surface area contributed by atoms with Gasteiger partial charge in [-0.05, 0) is 42.3 Å². The van der Waals surface area contributed by atoms with Crippen molar-refractivity contribution in [3.8, 4) is 17.2 Å². The molecule has 12 heteroatoms. The molecule has 0 fully saturated rings. The second-order valence-electron chi connectivity index (χ2n) is 7.58. The summed E-state index contributed by atoms with van der Waals surface area (Å²) < 4.78 is 82.5. The van der Waals surface area contributed by atoms with Gasteiger partial charge in [0, 0.05) is 6.42 Å². The highest BCUT2D eigenvalue weighted by atomic mass is 19.4. The van der Waals surface area contributed by atoms with Crippen LogP contribution < -0.4 is 9.47 Å². The van der Waals surface area contributed by atoms with Gasteiger partial charge in [0.15, 0.2) is 11.9 Å². The zero-order valence-corrected chi connectivity index (χ0v) is 19.1. The van der Waals surface area contributed by atoms with Gasteiger partial charge in [0.05, 0.1) is 24.4 Å². The van der Waals surface area contributed by atoms with Crippen LogP contribution in [0.3, 0.4) is 0 Å². The first-order chi connectivity index (χ1) is 16.9. The average Bonchev–Trinajstić information content (AvgIpc) is 3.29. The maximum Gasteiger partial charge on any atom is 0.416 e. The number of halogens is 6. The summed E-state index contributed by atoms with van der Waals surface area (Å²) in [5.74, 6) is 1.34. The number of oxime groups is 1. The van der Waals surface area contributed by atoms with Crippen LogP contribution in [0.1, 0.15) is 42.6 Å². The second-order valence-corrected chi connectivity index (χ2v) is 7.58. The van der Waals surface area contributed by atoms with Crippen LogP contribution in [-0.4, -0.2) is 22.0 Å². The summed E-state index contributed by atoms with van der Waals surface area (Å²) in [6, 6.07) is 10.1. The van der Waals surface area contributed by atoms with Crippen LogP contribution in [0.15, 0.2) is 66.3 Å². The lowest BCUT2D eigenvalue weighted by Crippen LogP contribution is -2.08. The lowest BCUT2D eigenvalue weighted by molar-refractivity contribution is -0.137. The molecule has 0 radical (unpaired) electrons. The highest BCUT2D eigenvalue weighted by Crippen LogP contribution is 2.36. The maximum atomic E-state index is 12.9. The first-order valence-corrected chi connectivity index (χ1v) is 10.6. The molecule has 0 aliphatic carbocycles. The van der Waals surface area contributed by atoms with E-state index >= 15 is 0 Å². The third kappa shape index (κ3) is 7.85. The molecule has 3 aromatic rings. The highest BCUT2D eigenvalue weighted by molar-refractivity contribution is 5.79. The minimum absolute atomic E-state index is 0.0989. The molecule has 0 saturated heterocycles. The monoisotopic (exact) mass is 513 g/mol. The van der Waals surface area contributed by atoms with Crippen LogP contribution in [-0.2, 0) is 11.0 Å². The minimum Gasteiger partial charge on any atom is -0.457 e. The Labute approximate surface area is 202 Å². The Morgan fingerprint density at radius 1 is 0.944 bits per heavy atom. The molecule has 36 heavy (non-hydrogen) atoms. The van der Waals surface area contributed by atoms with Gasteiger partial charge in [-0.2, -0.15) is 26.3 Å². The molecular formula is C24H21F6N3O3. The van der Waals surface area contributed by atoms with E-state index in [1.807, 2.05) is 19.1 Å². The van der Waals surface area contributed by atoms with Gasteiger partial charge in [0.1, 0.15) is 17.8 Å². The third-order valence-corrected chi connectivity index (χ3v) is 4.79. The molecular weight excluding hydrogens is 492 g/mol. The molecule has 0 saturated carbocycles. The molecule has 1 atom stereocenters. The molecule has 4 rings (SSSR count). The number of aromatic nitrogens is 2.